The Labute approximate surface area is 90.0 Å². The molecule has 0 aliphatic carbocycles. The second-order valence-corrected chi connectivity index (χ2v) is 4.58. The molecule has 2 aliphatic heterocycles. The number of nitrogens with one attached hydrogen (secondary N) is 2. The minimum absolute atomic E-state index is 0.00921. The van der Waals surface area contributed by atoms with Gasteiger partial charge in [-0.05, 0) is 32.6 Å². The Morgan fingerprint density at radius 1 is 1.20 bits per heavy atom. The molecule has 0 amide bonds. The number of carbonyl (C=O) groups excluding carboxylic acids is 1. The van der Waals surface area contributed by atoms with Crippen LogP contribution < -0.4 is 10.6 Å². The van der Waals surface area contributed by atoms with Gasteiger partial charge in [-0.1, -0.05) is 0 Å². The molecule has 0 radical (unpaired) electrons. The molecular formula is C11H17N3O. The third-order valence-corrected chi connectivity index (χ3v) is 3.36. The van der Waals surface area contributed by atoms with Crippen molar-refractivity contribution in [1.29, 1.82) is 5.26 Å². The molecule has 1 unspecified atom stereocenters. The Morgan fingerprint density at radius 2 is 1.87 bits per heavy atom. The van der Waals surface area contributed by atoms with Gasteiger partial charge in [0.2, 0.25) is 0 Å². The summed E-state index contributed by atoms with van der Waals surface area (Å²) in [5.41, 5.74) is 0. The summed E-state index contributed by atoms with van der Waals surface area (Å²) in [5.74, 6) is 0.247. The quantitative estimate of drug-likeness (QED) is 0.685. The van der Waals surface area contributed by atoms with Crippen molar-refractivity contribution in [3.63, 3.8) is 0 Å². The van der Waals surface area contributed by atoms with Crippen molar-refractivity contribution in [2.24, 2.45) is 0 Å². The first-order valence-corrected chi connectivity index (χ1v) is 5.66. The number of hydrogen-bond donors (Lipinski definition) is 2. The Kier molecular flexibility index (Phi) is 3.03. The van der Waals surface area contributed by atoms with Crippen LogP contribution in [0.25, 0.3) is 0 Å². The normalized spacial score (nSPS) is 40.3. The number of nitriles is 1. The van der Waals surface area contributed by atoms with E-state index in [1.54, 1.807) is 0 Å². The van der Waals surface area contributed by atoms with Gasteiger partial charge in [0.25, 0.3) is 0 Å². The van der Waals surface area contributed by atoms with Crippen molar-refractivity contribution in [3.05, 3.63) is 0 Å². The zero-order valence-corrected chi connectivity index (χ0v) is 8.99. The van der Waals surface area contributed by atoms with Crippen LogP contribution in [0.15, 0.2) is 0 Å². The predicted molar refractivity (Wildman–Crippen MR) is 56.2 cm³/mol. The van der Waals surface area contributed by atoms with Gasteiger partial charge in [-0.15, -0.1) is 0 Å². The maximum atomic E-state index is 12.0. The maximum Gasteiger partial charge on any atom is 0.166 e. The highest BCUT2D eigenvalue weighted by Gasteiger charge is 2.35. The van der Waals surface area contributed by atoms with Gasteiger partial charge in [0.15, 0.2) is 5.78 Å². The molecule has 0 spiro atoms. The van der Waals surface area contributed by atoms with Gasteiger partial charge in [-0.3, -0.25) is 10.1 Å². The molecule has 0 saturated carbocycles. The van der Waals surface area contributed by atoms with E-state index in [1.807, 2.05) is 0 Å². The Bertz CT molecular complexity index is 297. The molecule has 82 valence electrons. The third kappa shape index (κ3) is 2.19. The highest BCUT2D eigenvalue weighted by Crippen LogP contribution is 2.19. The van der Waals surface area contributed by atoms with Gasteiger partial charge in [-0.2, -0.15) is 5.26 Å². The fraction of sp³-hybridized carbons (Fsp3) is 0.818. The molecule has 2 N–H and O–H groups in total. The number of hydrogen-bond acceptors (Lipinski definition) is 4. The van der Waals surface area contributed by atoms with Crippen molar-refractivity contribution >= 4 is 5.78 Å². The lowest BCUT2D eigenvalue weighted by atomic mass is 10.0. The molecule has 4 heteroatoms. The lowest BCUT2D eigenvalue weighted by Crippen LogP contribution is -2.45. The zero-order chi connectivity index (χ0) is 10.8. The predicted octanol–water partition coefficient (Wildman–Crippen LogP) is 0.340. The Hall–Kier alpha value is -0.920. The molecule has 0 aromatic heterocycles. The summed E-state index contributed by atoms with van der Waals surface area (Å²) in [7, 11) is 0. The fourth-order valence-electron chi connectivity index (χ4n) is 2.46. The molecule has 2 heterocycles. The summed E-state index contributed by atoms with van der Waals surface area (Å²) in [4.78, 5) is 12.0. The monoisotopic (exact) mass is 207 g/mol. The van der Waals surface area contributed by atoms with Crippen LogP contribution in [0.3, 0.4) is 0 Å². The van der Waals surface area contributed by atoms with E-state index in [0.717, 1.165) is 25.7 Å². The second-order valence-electron chi connectivity index (χ2n) is 4.58. The maximum absolute atomic E-state index is 12.0. The number of ketones is 1. The number of rotatable bonds is 2. The van der Waals surface area contributed by atoms with Crippen molar-refractivity contribution in [2.75, 3.05) is 0 Å². The first-order valence-electron chi connectivity index (χ1n) is 5.66. The van der Waals surface area contributed by atoms with Crippen molar-refractivity contribution in [3.8, 4) is 6.07 Å². The molecule has 2 fully saturated rings. The minimum atomic E-state index is -0.127. The van der Waals surface area contributed by atoms with E-state index in [0.29, 0.717) is 6.04 Å². The lowest BCUT2D eigenvalue weighted by molar-refractivity contribution is -0.122. The van der Waals surface area contributed by atoms with Crippen LogP contribution >= 0.6 is 0 Å². The number of carbonyl (C=O) groups is 1. The van der Waals surface area contributed by atoms with E-state index in [1.165, 1.54) is 0 Å². The Balaban J connectivity index is 1.90. The fourth-order valence-corrected chi connectivity index (χ4v) is 2.46. The molecule has 2 saturated heterocycles. The van der Waals surface area contributed by atoms with E-state index >= 15 is 0 Å². The molecule has 0 aromatic carbocycles. The van der Waals surface area contributed by atoms with Crippen molar-refractivity contribution in [2.45, 2.75) is 56.8 Å². The molecule has 2 aliphatic rings. The zero-order valence-electron chi connectivity index (χ0n) is 8.99. The van der Waals surface area contributed by atoms with E-state index in [9.17, 15) is 4.79 Å². The van der Waals surface area contributed by atoms with Gasteiger partial charge in [0.05, 0.1) is 24.2 Å². The second kappa shape index (κ2) is 4.30. The summed E-state index contributed by atoms with van der Waals surface area (Å²) in [6.45, 7) is 2.10. The van der Waals surface area contributed by atoms with Crippen LogP contribution in [0.5, 0.6) is 0 Å². The van der Waals surface area contributed by atoms with Gasteiger partial charge in [0, 0.05) is 6.04 Å². The summed E-state index contributed by atoms with van der Waals surface area (Å²) < 4.78 is 0. The third-order valence-electron chi connectivity index (χ3n) is 3.36. The van der Waals surface area contributed by atoms with E-state index in [4.69, 9.17) is 5.26 Å². The highest BCUT2D eigenvalue weighted by atomic mass is 16.1. The van der Waals surface area contributed by atoms with Crippen LogP contribution in [0, 0.1) is 11.3 Å². The molecule has 15 heavy (non-hydrogen) atoms. The van der Waals surface area contributed by atoms with E-state index in [-0.39, 0.29) is 23.9 Å². The van der Waals surface area contributed by atoms with Crippen LogP contribution in [0.1, 0.15) is 32.6 Å². The van der Waals surface area contributed by atoms with Crippen LogP contribution in [0.4, 0.5) is 0 Å². The highest BCUT2D eigenvalue weighted by molar-refractivity contribution is 5.89. The molecule has 4 nitrogen and oxygen atoms in total. The van der Waals surface area contributed by atoms with E-state index < -0.39 is 0 Å². The van der Waals surface area contributed by atoms with Gasteiger partial charge < -0.3 is 5.32 Å². The summed E-state index contributed by atoms with van der Waals surface area (Å²) in [5, 5.41) is 15.1. The van der Waals surface area contributed by atoms with Crippen molar-refractivity contribution in [1.82, 2.24) is 10.6 Å². The summed E-state index contributed by atoms with van der Waals surface area (Å²) in [6.07, 6.45) is 3.62. The minimum Gasteiger partial charge on any atom is -0.305 e. The Morgan fingerprint density at radius 3 is 2.40 bits per heavy atom. The van der Waals surface area contributed by atoms with Crippen molar-refractivity contribution < 1.29 is 4.79 Å². The molecular weight excluding hydrogens is 190 g/mol. The lowest BCUT2D eigenvalue weighted by Gasteiger charge is -2.16. The first-order chi connectivity index (χ1) is 7.20. The topological polar surface area (TPSA) is 64.9 Å². The van der Waals surface area contributed by atoms with Crippen LogP contribution in [0.2, 0.25) is 0 Å². The average molecular weight is 207 g/mol. The average Bonchev–Trinajstić information content (AvgIpc) is 2.84. The molecule has 4 atom stereocenters. The van der Waals surface area contributed by atoms with Gasteiger partial charge in [0.1, 0.15) is 0 Å². The largest absolute Gasteiger partial charge is 0.305 e. The van der Waals surface area contributed by atoms with Gasteiger partial charge in [-0.25, -0.2) is 0 Å². The summed E-state index contributed by atoms with van der Waals surface area (Å²) in [6, 6.07) is 2.40. The standard InChI is InChI=1S/C11H17N3O/c1-7-2-4-9(13-7)11(15)10-5-3-8(6-12)14-10/h7-10,13-14H,2-5H2,1H3/t7?,8-,9-,10-/m0/s1. The number of nitrogens with zero attached hydrogens (tertiary/aromatic N) is 1. The molecule has 0 aromatic rings. The smallest absolute Gasteiger partial charge is 0.166 e. The van der Waals surface area contributed by atoms with Gasteiger partial charge >= 0.3 is 0 Å². The van der Waals surface area contributed by atoms with Crippen LogP contribution in [-0.4, -0.2) is 30.0 Å². The number of Topliss-reactive ketones (excluding diaryl/α,β-unsaturated/α-hetero) is 1. The van der Waals surface area contributed by atoms with Crippen LogP contribution in [-0.2, 0) is 4.79 Å². The SMILES string of the molecule is CC1CC[C@@H](C(=O)[C@@H]2CC[C@@H](C#N)N2)N1. The summed E-state index contributed by atoms with van der Waals surface area (Å²) >= 11 is 0. The molecule has 0 bridgehead atoms. The first kappa shape index (κ1) is 10.6. The van der Waals surface area contributed by atoms with E-state index in [2.05, 4.69) is 23.6 Å². The molecule has 2 rings (SSSR count).